The first-order chi connectivity index (χ1) is 10.2. The number of hydrogen-bond acceptors (Lipinski definition) is 6. The summed E-state index contributed by atoms with van der Waals surface area (Å²) in [5.74, 6) is 0.797. The molecule has 1 unspecified atom stereocenters. The van der Waals surface area contributed by atoms with Crippen molar-refractivity contribution < 1.29 is 0 Å². The zero-order valence-corrected chi connectivity index (χ0v) is 14.3. The van der Waals surface area contributed by atoms with Crippen molar-refractivity contribution in [2.24, 2.45) is 0 Å². The second-order valence-corrected chi connectivity index (χ2v) is 6.21. The highest BCUT2D eigenvalue weighted by atomic mass is 35.5. The van der Waals surface area contributed by atoms with Gasteiger partial charge >= 0.3 is 0 Å². The summed E-state index contributed by atoms with van der Waals surface area (Å²) in [7, 11) is 3.96. The van der Waals surface area contributed by atoms with Crippen LogP contribution in [0.2, 0.25) is 0 Å². The van der Waals surface area contributed by atoms with Crippen molar-refractivity contribution in [1.29, 1.82) is 0 Å². The standard InChI is InChI=1S/C15H26N6.ClH/c1-19(2)15-17-5-3-13(18-15)11-20-8-4-14(12-20)21-9-6-16-7-10-21;/h3,5,14,16H,4,6-12H2,1-2H3;1H. The Labute approximate surface area is 139 Å². The highest BCUT2D eigenvalue weighted by Gasteiger charge is 2.28. The molecule has 7 heteroatoms. The molecule has 1 atom stereocenters. The molecule has 2 aliphatic heterocycles. The van der Waals surface area contributed by atoms with Gasteiger partial charge in [0.15, 0.2) is 0 Å². The predicted octanol–water partition coefficient (Wildman–Crippen LogP) is 0.444. The van der Waals surface area contributed by atoms with Crippen molar-refractivity contribution in [2.45, 2.75) is 19.0 Å². The fraction of sp³-hybridized carbons (Fsp3) is 0.733. The van der Waals surface area contributed by atoms with Crippen molar-refractivity contribution in [1.82, 2.24) is 25.1 Å². The molecule has 1 N–H and O–H groups in total. The molecule has 1 aromatic rings. The zero-order valence-electron chi connectivity index (χ0n) is 13.5. The largest absolute Gasteiger partial charge is 0.347 e. The summed E-state index contributed by atoms with van der Waals surface area (Å²) in [5, 5.41) is 3.43. The third-order valence-electron chi connectivity index (χ3n) is 4.40. The SMILES string of the molecule is CN(C)c1nccc(CN2CCC(N3CCNCC3)C2)n1.Cl. The third-order valence-corrected chi connectivity index (χ3v) is 4.40. The summed E-state index contributed by atoms with van der Waals surface area (Å²) in [6, 6.07) is 2.76. The van der Waals surface area contributed by atoms with E-state index in [1.165, 1.54) is 32.6 Å². The van der Waals surface area contributed by atoms with Crippen LogP contribution in [0.3, 0.4) is 0 Å². The van der Waals surface area contributed by atoms with Gasteiger partial charge in [0, 0.05) is 72.1 Å². The predicted molar refractivity (Wildman–Crippen MR) is 91.7 cm³/mol. The molecular formula is C15H27ClN6. The first-order valence-corrected chi connectivity index (χ1v) is 7.89. The van der Waals surface area contributed by atoms with Crippen LogP contribution in [0.4, 0.5) is 5.95 Å². The Morgan fingerprint density at radius 1 is 1.27 bits per heavy atom. The smallest absolute Gasteiger partial charge is 0.225 e. The van der Waals surface area contributed by atoms with E-state index in [1.807, 2.05) is 31.3 Å². The first kappa shape index (κ1) is 17.4. The van der Waals surface area contributed by atoms with Gasteiger partial charge in [0.25, 0.3) is 0 Å². The number of rotatable bonds is 4. The van der Waals surface area contributed by atoms with Crippen LogP contribution in [0.1, 0.15) is 12.1 Å². The summed E-state index contributed by atoms with van der Waals surface area (Å²) >= 11 is 0. The summed E-state index contributed by atoms with van der Waals surface area (Å²) in [5.41, 5.74) is 1.12. The molecule has 124 valence electrons. The van der Waals surface area contributed by atoms with Crippen molar-refractivity contribution in [3.05, 3.63) is 18.0 Å². The molecule has 0 bridgehead atoms. The number of likely N-dealkylation sites (tertiary alicyclic amines) is 1. The minimum absolute atomic E-state index is 0. The summed E-state index contributed by atoms with van der Waals surface area (Å²) < 4.78 is 0. The van der Waals surface area contributed by atoms with E-state index in [4.69, 9.17) is 0 Å². The maximum absolute atomic E-state index is 4.62. The number of nitrogens with one attached hydrogen (secondary N) is 1. The Balaban J connectivity index is 0.00000176. The number of piperazine rings is 1. The number of anilines is 1. The molecule has 0 amide bonds. The van der Waals surface area contributed by atoms with Gasteiger partial charge in [-0.1, -0.05) is 0 Å². The lowest BCUT2D eigenvalue weighted by molar-refractivity contribution is 0.170. The van der Waals surface area contributed by atoms with Gasteiger partial charge in [0.1, 0.15) is 0 Å². The fourth-order valence-electron chi connectivity index (χ4n) is 3.22. The second-order valence-electron chi connectivity index (χ2n) is 6.21. The molecule has 0 saturated carbocycles. The molecule has 1 aromatic heterocycles. The molecule has 2 aliphatic rings. The van der Waals surface area contributed by atoms with Gasteiger partial charge in [-0.15, -0.1) is 12.4 Å². The quantitative estimate of drug-likeness (QED) is 0.866. The van der Waals surface area contributed by atoms with Crippen LogP contribution in [-0.4, -0.2) is 79.2 Å². The Kier molecular flexibility index (Phi) is 6.37. The first-order valence-electron chi connectivity index (χ1n) is 7.89. The van der Waals surface area contributed by atoms with Crippen LogP contribution >= 0.6 is 12.4 Å². The summed E-state index contributed by atoms with van der Waals surface area (Å²) in [6.07, 6.45) is 3.15. The van der Waals surface area contributed by atoms with Gasteiger partial charge in [-0.25, -0.2) is 9.97 Å². The maximum atomic E-state index is 4.62. The van der Waals surface area contributed by atoms with E-state index in [9.17, 15) is 0 Å². The van der Waals surface area contributed by atoms with Crippen LogP contribution in [0.15, 0.2) is 12.3 Å². The average molecular weight is 327 g/mol. The molecule has 2 fully saturated rings. The van der Waals surface area contributed by atoms with Crippen molar-refractivity contribution in [2.75, 3.05) is 58.3 Å². The lowest BCUT2D eigenvalue weighted by atomic mass is 10.2. The molecule has 0 radical (unpaired) electrons. The molecule has 3 heterocycles. The topological polar surface area (TPSA) is 47.5 Å². The van der Waals surface area contributed by atoms with Crippen LogP contribution < -0.4 is 10.2 Å². The summed E-state index contributed by atoms with van der Waals surface area (Å²) in [4.78, 5) is 16.0. The molecule has 0 spiro atoms. The Hall–Kier alpha value is -0.950. The Bertz CT molecular complexity index is 463. The monoisotopic (exact) mass is 326 g/mol. The van der Waals surface area contributed by atoms with E-state index in [-0.39, 0.29) is 12.4 Å². The van der Waals surface area contributed by atoms with Crippen molar-refractivity contribution >= 4 is 18.4 Å². The van der Waals surface area contributed by atoms with Crippen molar-refractivity contribution in [3.63, 3.8) is 0 Å². The minimum Gasteiger partial charge on any atom is -0.347 e. The van der Waals surface area contributed by atoms with E-state index >= 15 is 0 Å². The van der Waals surface area contributed by atoms with Gasteiger partial charge in [0.2, 0.25) is 5.95 Å². The third kappa shape index (κ3) is 4.29. The van der Waals surface area contributed by atoms with E-state index in [0.717, 1.165) is 37.3 Å². The fourth-order valence-corrected chi connectivity index (χ4v) is 3.22. The van der Waals surface area contributed by atoms with Crippen LogP contribution in [-0.2, 0) is 6.54 Å². The van der Waals surface area contributed by atoms with Gasteiger partial charge < -0.3 is 10.2 Å². The zero-order chi connectivity index (χ0) is 14.7. The van der Waals surface area contributed by atoms with E-state index in [1.54, 1.807) is 0 Å². The van der Waals surface area contributed by atoms with Crippen molar-refractivity contribution in [3.8, 4) is 0 Å². The normalized spacial score (nSPS) is 23.3. The van der Waals surface area contributed by atoms with Gasteiger partial charge in [-0.05, 0) is 12.5 Å². The van der Waals surface area contributed by atoms with Crippen LogP contribution in [0.25, 0.3) is 0 Å². The molecular weight excluding hydrogens is 300 g/mol. The average Bonchev–Trinajstić information content (AvgIpc) is 2.97. The lowest BCUT2D eigenvalue weighted by Crippen LogP contribution is -2.49. The second kappa shape index (κ2) is 8.06. The van der Waals surface area contributed by atoms with Gasteiger partial charge in [0.05, 0.1) is 5.69 Å². The molecule has 0 aliphatic carbocycles. The number of nitrogens with zero attached hydrogens (tertiary/aromatic N) is 5. The van der Waals surface area contributed by atoms with Crippen LogP contribution in [0.5, 0.6) is 0 Å². The molecule has 6 nitrogen and oxygen atoms in total. The Morgan fingerprint density at radius 2 is 2.05 bits per heavy atom. The number of aromatic nitrogens is 2. The highest BCUT2D eigenvalue weighted by Crippen LogP contribution is 2.18. The van der Waals surface area contributed by atoms with Crippen LogP contribution in [0, 0.1) is 0 Å². The molecule has 22 heavy (non-hydrogen) atoms. The maximum Gasteiger partial charge on any atom is 0.225 e. The minimum atomic E-state index is 0. The molecule has 3 rings (SSSR count). The lowest BCUT2D eigenvalue weighted by Gasteiger charge is -2.32. The van der Waals surface area contributed by atoms with E-state index in [0.29, 0.717) is 0 Å². The molecule has 0 aromatic carbocycles. The molecule has 2 saturated heterocycles. The number of hydrogen-bond donors (Lipinski definition) is 1. The summed E-state index contributed by atoms with van der Waals surface area (Å²) in [6.45, 7) is 7.93. The highest BCUT2D eigenvalue weighted by molar-refractivity contribution is 5.85. The van der Waals surface area contributed by atoms with Gasteiger partial charge in [-0.2, -0.15) is 0 Å². The van der Waals surface area contributed by atoms with Gasteiger partial charge in [-0.3, -0.25) is 9.80 Å². The van der Waals surface area contributed by atoms with E-state index in [2.05, 4.69) is 25.1 Å². The number of halogens is 1. The Morgan fingerprint density at radius 3 is 2.77 bits per heavy atom. The van der Waals surface area contributed by atoms with E-state index < -0.39 is 0 Å².